The average Bonchev–Trinajstić information content (AvgIpc) is 3.55. The minimum atomic E-state index is -1.00. The van der Waals surface area contributed by atoms with Crippen molar-refractivity contribution in [3.63, 3.8) is 0 Å². The van der Waals surface area contributed by atoms with Gasteiger partial charge in [0.1, 0.15) is 23.4 Å². The zero-order chi connectivity index (χ0) is 25.8. The summed E-state index contributed by atoms with van der Waals surface area (Å²) in [5.74, 6) is -2.97. The van der Waals surface area contributed by atoms with Crippen molar-refractivity contribution in [1.82, 2.24) is 15.2 Å². The normalized spacial score (nSPS) is 16.8. The van der Waals surface area contributed by atoms with Crippen molar-refractivity contribution in [1.29, 1.82) is 5.26 Å². The lowest BCUT2D eigenvalue weighted by atomic mass is 9.96. The molecule has 0 radical (unpaired) electrons. The van der Waals surface area contributed by atoms with Gasteiger partial charge in [0.15, 0.2) is 0 Å². The highest BCUT2D eigenvalue weighted by Crippen LogP contribution is 2.32. The Balaban J connectivity index is 1.53. The lowest BCUT2D eigenvalue weighted by Gasteiger charge is -2.25. The Bertz CT molecular complexity index is 1310. The molecule has 3 atom stereocenters. The number of nitrogens with zero attached hydrogens (tertiary/aromatic N) is 2. The highest BCUT2D eigenvalue weighted by molar-refractivity contribution is 6.00. The molecule has 36 heavy (non-hydrogen) atoms. The summed E-state index contributed by atoms with van der Waals surface area (Å²) in [5, 5.41) is 14.6. The van der Waals surface area contributed by atoms with Gasteiger partial charge in [0, 0.05) is 36.0 Å². The van der Waals surface area contributed by atoms with Crippen LogP contribution in [0.1, 0.15) is 41.7 Å². The summed E-state index contributed by atoms with van der Waals surface area (Å²) in [5.41, 5.74) is 1.35. The molecule has 1 fully saturated rings. The first kappa shape index (κ1) is 24.9. The number of rotatable bonds is 8. The van der Waals surface area contributed by atoms with E-state index in [1.165, 1.54) is 6.07 Å². The van der Waals surface area contributed by atoms with Gasteiger partial charge in [0.25, 0.3) is 5.91 Å². The van der Waals surface area contributed by atoms with Gasteiger partial charge in [0.05, 0.1) is 11.6 Å². The van der Waals surface area contributed by atoms with Crippen LogP contribution in [0.15, 0.2) is 42.5 Å². The van der Waals surface area contributed by atoms with Gasteiger partial charge >= 0.3 is 0 Å². The van der Waals surface area contributed by atoms with E-state index in [-0.39, 0.29) is 34.8 Å². The quantitative estimate of drug-likeness (QED) is 0.415. The number of aromatic amines is 1. The van der Waals surface area contributed by atoms with Gasteiger partial charge in [-0.15, -0.1) is 0 Å². The topological polar surface area (TPSA) is 118 Å². The summed E-state index contributed by atoms with van der Waals surface area (Å²) in [6.45, 7) is 2.47. The molecule has 186 valence electrons. The van der Waals surface area contributed by atoms with E-state index in [0.717, 1.165) is 17.7 Å². The van der Waals surface area contributed by atoms with Crippen LogP contribution in [0.2, 0.25) is 0 Å². The molecule has 1 saturated heterocycles. The highest BCUT2D eigenvalue weighted by atomic mass is 19.1. The van der Waals surface area contributed by atoms with Crippen LogP contribution >= 0.6 is 0 Å². The van der Waals surface area contributed by atoms with Gasteiger partial charge < -0.3 is 20.5 Å². The third kappa shape index (κ3) is 5.05. The Hall–Kier alpha value is -4.26. The minimum absolute atomic E-state index is 0.0120. The number of aromatic nitrogens is 1. The van der Waals surface area contributed by atoms with Crippen molar-refractivity contribution < 1.29 is 23.2 Å². The summed E-state index contributed by atoms with van der Waals surface area (Å²) >= 11 is 0. The second kappa shape index (κ2) is 10.6. The second-order valence-electron chi connectivity index (χ2n) is 8.91. The predicted octanol–water partition coefficient (Wildman–Crippen LogP) is 3.68. The summed E-state index contributed by atoms with van der Waals surface area (Å²) < 4.78 is 28.1. The maximum absolute atomic E-state index is 14.1. The molecule has 2 heterocycles. The largest absolute Gasteiger partial charge is 0.348 e. The van der Waals surface area contributed by atoms with Crippen molar-refractivity contribution >= 4 is 34.8 Å². The number of halogens is 2. The SMILES string of the molecule is CC(C#N)CC(NC(=O)c1cc2c(F)ccc(F)c2[nH]1)C(=O)N1CCC(c2ccccc2NC=O)C1. The van der Waals surface area contributed by atoms with Gasteiger partial charge in [-0.05, 0) is 49.6 Å². The zero-order valence-corrected chi connectivity index (χ0v) is 19.6. The molecule has 3 amide bonds. The number of nitriles is 1. The van der Waals surface area contributed by atoms with Crippen molar-refractivity contribution in [2.24, 2.45) is 5.92 Å². The van der Waals surface area contributed by atoms with Gasteiger partial charge in [-0.3, -0.25) is 14.4 Å². The summed E-state index contributed by atoms with van der Waals surface area (Å²) in [7, 11) is 0. The molecule has 4 rings (SSSR count). The molecule has 0 bridgehead atoms. The van der Waals surface area contributed by atoms with E-state index in [1.807, 2.05) is 18.2 Å². The third-order valence-corrected chi connectivity index (χ3v) is 6.46. The van der Waals surface area contributed by atoms with E-state index in [4.69, 9.17) is 0 Å². The molecule has 10 heteroatoms. The summed E-state index contributed by atoms with van der Waals surface area (Å²) in [4.78, 5) is 41.6. The van der Waals surface area contributed by atoms with Crippen molar-refractivity contribution in [3.05, 3.63) is 65.4 Å². The molecule has 0 spiro atoms. The van der Waals surface area contributed by atoms with Crippen LogP contribution in [0, 0.1) is 28.9 Å². The molecule has 8 nitrogen and oxygen atoms in total. The van der Waals surface area contributed by atoms with E-state index >= 15 is 0 Å². The standard InChI is InChI=1S/C26H25F2N5O3/c1-15(12-29)10-23(32-25(35)22-11-18-19(27)6-7-20(28)24(18)31-22)26(36)33-9-8-16(13-33)17-4-2-3-5-21(17)30-14-34/h2-7,11,14-16,23,31H,8-10,13H2,1H3,(H,30,34)(H,32,35). The third-order valence-electron chi connectivity index (χ3n) is 6.46. The van der Waals surface area contributed by atoms with Crippen LogP contribution < -0.4 is 10.6 Å². The number of para-hydroxylation sites is 1. The number of fused-ring (bicyclic) bond motifs is 1. The van der Waals surface area contributed by atoms with E-state index in [0.29, 0.717) is 31.6 Å². The fraction of sp³-hybridized carbons (Fsp3) is 0.308. The number of nitrogens with one attached hydrogen (secondary N) is 3. The van der Waals surface area contributed by atoms with Crippen LogP contribution in [0.5, 0.6) is 0 Å². The molecule has 1 aliphatic heterocycles. The number of hydrogen-bond donors (Lipinski definition) is 3. The van der Waals surface area contributed by atoms with Crippen LogP contribution in [0.25, 0.3) is 10.9 Å². The maximum atomic E-state index is 14.1. The number of carbonyl (C=O) groups is 3. The average molecular weight is 494 g/mol. The monoisotopic (exact) mass is 493 g/mol. The Labute approximate surface area is 206 Å². The van der Waals surface area contributed by atoms with E-state index in [1.54, 1.807) is 17.9 Å². The molecular weight excluding hydrogens is 468 g/mol. The van der Waals surface area contributed by atoms with E-state index < -0.39 is 29.5 Å². The molecule has 1 aromatic heterocycles. The number of amides is 3. The molecule has 1 aliphatic rings. The fourth-order valence-corrected chi connectivity index (χ4v) is 4.62. The molecule has 0 aliphatic carbocycles. The smallest absolute Gasteiger partial charge is 0.268 e. The Morgan fingerprint density at radius 1 is 1.25 bits per heavy atom. The first-order valence-corrected chi connectivity index (χ1v) is 11.6. The number of hydrogen-bond acceptors (Lipinski definition) is 4. The second-order valence-corrected chi connectivity index (χ2v) is 8.91. The van der Waals surface area contributed by atoms with Crippen LogP contribution in [-0.2, 0) is 9.59 Å². The number of H-pyrrole nitrogens is 1. The van der Waals surface area contributed by atoms with Crippen molar-refractivity contribution in [2.75, 3.05) is 18.4 Å². The summed E-state index contributed by atoms with van der Waals surface area (Å²) in [6, 6.07) is 11.6. The summed E-state index contributed by atoms with van der Waals surface area (Å²) in [6.07, 6.45) is 1.35. The maximum Gasteiger partial charge on any atom is 0.268 e. The van der Waals surface area contributed by atoms with Crippen molar-refractivity contribution in [3.8, 4) is 6.07 Å². The van der Waals surface area contributed by atoms with Gasteiger partial charge in [-0.1, -0.05) is 18.2 Å². The van der Waals surface area contributed by atoms with Gasteiger partial charge in [0.2, 0.25) is 12.3 Å². The van der Waals surface area contributed by atoms with Crippen LogP contribution in [-0.4, -0.2) is 47.2 Å². The van der Waals surface area contributed by atoms with E-state index in [9.17, 15) is 28.4 Å². The lowest BCUT2D eigenvalue weighted by Crippen LogP contribution is -2.48. The minimum Gasteiger partial charge on any atom is -0.348 e. The van der Waals surface area contributed by atoms with Gasteiger partial charge in [-0.25, -0.2) is 8.78 Å². The predicted molar refractivity (Wildman–Crippen MR) is 129 cm³/mol. The molecular formula is C26H25F2N5O3. The fourth-order valence-electron chi connectivity index (χ4n) is 4.62. The number of carbonyl (C=O) groups excluding carboxylic acids is 3. The highest BCUT2D eigenvalue weighted by Gasteiger charge is 2.34. The van der Waals surface area contributed by atoms with E-state index in [2.05, 4.69) is 21.7 Å². The van der Waals surface area contributed by atoms with Crippen LogP contribution in [0.3, 0.4) is 0 Å². The lowest BCUT2D eigenvalue weighted by molar-refractivity contribution is -0.132. The van der Waals surface area contributed by atoms with Crippen LogP contribution in [0.4, 0.5) is 14.5 Å². The molecule has 3 unspecified atom stereocenters. The molecule has 2 aromatic carbocycles. The van der Waals surface area contributed by atoms with Crippen molar-refractivity contribution in [2.45, 2.75) is 31.7 Å². The first-order valence-electron chi connectivity index (χ1n) is 11.6. The number of benzene rings is 2. The molecule has 0 saturated carbocycles. The zero-order valence-electron chi connectivity index (χ0n) is 19.6. The molecule has 3 N–H and O–H groups in total. The Morgan fingerprint density at radius 2 is 2.00 bits per heavy atom. The molecule has 3 aromatic rings. The Morgan fingerprint density at radius 3 is 2.72 bits per heavy atom. The first-order chi connectivity index (χ1) is 17.3. The van der Waals surface area contributed by atoms with Gasteiger partial charge in [-0.2, -0.15) is 5.26 Å². The number of likely N-dealkylation sites (tertiary alicyclic amines) is 1. The Kier molecular flexibility index (Phi) is 7.29. The number of anilines is 1.